The summed E-state index contributed by atoms with van der Waals surface area (Å²) in [4.78, 5) is 22.9. The minimum atomic E-state index is -0.0803. The van der Waals surface area contributed by atoms with Crippen molar-refractivity contribution in [2.45, 2.75) is 39.5 Å². The van der Waals surface area contributed by atoms with Crippen molar-refractivity contribution < 1.29 is 14.2 Å². The number of rotatable bonds is 7. The van der Waals surface area contributed by atoms with Gasteiger partial charge >= 0.3 is 0 Å². The lowest BCUT2D eigenvalue weighted by molar-refractivity contribution is 0.210. The second-order valence-corrected chi connectivity index (χ2v) is 10.7. The molecule has 5 rings (SSSR count). The van der Waals surface area contributed by atoms with Gasteiger partial charge in [0.25, 0.3) is 5.56 Å². The SMILES string of the molecule is COc1cc(-c2nc3sc4c(c3c(=O)[nH]2)CCCC4)cc(Br)c1OCCOc1ccc(C)c(C)c1. The molecule has 0 aliphatic heterocycles. The van der Waals surface area contributed by atoms with Gasteiger partial charge in [0.05, 0.1) is 17.0 Å². The standard InChI is InChI=1S/C27H27BrN2O4S/c1-15-8-9-18(12-16(15)2)33-10-11-34-24-20(28)13-17(14-21(24)32-3)25-29-26(31)23-19-6-4-5-7-22(19)35-27(23)30-25/h8-9,12-14H,4-7,10-11H2,1-3H3,(H,29,30,31). The zero-order chi connectivity index (χ0) is 24.5. The Morgan fingerprint density at radius 3 is 2.66 bits per heavy atom. The highest BCUT2D eigenvalue weighted by atomic mass is 79.9. The van der Waals surface area contributed by atoms with Gasteiger partial charge < -0.3 is 19.2 Å². The minimum Gasteiger partial charge on any atom is -0.493 e. The van der Waals surface area contributed by atoms with Crippen LogP contribution in [0, 0.1) is 13.8 Å². The van der Waals surface area contributed by atoms with Crippen LogP contribution in [0.25, 0.3) is 21.6 Å². The van der Waals surface area contributed by atoms with Gasteiger partial charge in [0, 0.05) is 10.4 Å². The van der Waals surface area contributed by atoms with Crippen molar-refractivity contribution in [2.75, 3.05) is 20.3 Å². The summed E-state index contributed by atoms with van der Waals surface area (Å²) in [5.41, 5.74) is 4.27. The maximum absolute atomic E-state index is 13.0. The molecule has 8 heteroatoms. The average molecular weight is 555 g/mol. The van der Waals surface area contributed by atoms with E-state index in [1.165, 1.54) is 28.0 Å². The minimum absolute atomic E-state index is 0.0803. The summed E-state index contributed by atoms with van der Waals surface area (Å²) >= 11 is 5.24. The van der Waals surface area contributed by atoms with Gasteiger partial charge in [-0.3, -0.25) is 4.79 Å². The normalized spacial score (nSPS) is 13.0. The molecule has 4 aromatic rings. The van der Waals surface area contributed by atoms with Crippen molar-refractivity contribution in [1.29, 1.82) is 0 Å². The number of fused-ring (bicyclic) bond motifs is 3. The zero-order valence-electron chi connectivity index (χ0n) is 20.0. The number of methoxy groups -OCH3 is 1. The van der Waals surface area contributed by atoms with Crippen molar-refractivity contribution in [3.05, 3.63) is 66.7 Å². The number of aromatic nitrogens is 2. The van der Waals surface area contributed by atoms with E-state index < -0.39 is 0 Å². The first-order chi connectivity index (χ1) is 16.9. The van der Waals surface area contributed by atoms with E-state index in [4.69, 9.17) is 19.2 Å². The topological polar surface area (TPSA) is 73.4 Å². The van der Waals surface area contributed by atoms with E-state index in [1.807, 2.05) is 30.3 Å². The predicted molar refractivity (Wildman–Crippen MR) is 143 cm³/mol. The molecule has 0 amide bonds. The van der Waals surface area contributed by atoms with Gasteiger partial charge in [-0.2, -0.15) is 0 Å². The Bertz CT molecular complexity index is 1460. The fourth-order valence-corrected chi connectivity index (χ4v) is 6.22. The van der Waals surface area contributed by atoms with Gasteiger partial charge in [-0.05, 0) is 96.4 Å². The fourth-order valence-electron chi connectivity index (χ4n) is 4.40. The van der Waals surface area contributed by atoms with E-state index in [1.54, 1.807) is 18.4 Å². The second kappa shape index (κ2) is 10.0. The summed E-state index contributed by atoms with van der Waals surface area (Å²) in [6.45, 7) is 4.89. The van der Waals surface area contributed by atoms with E-state index in [2.05, 4.69) is 34.8 Å². The lowest BCUT2D eigenvalue weighted by Gasteiger charge is -2.15. The van der Waals surface area contributed by atoms with Crippen LogP contribution in [0.15, 0.2) is 39.6 Å². The van der Waals surface area contributed by atoms with Crippen LogP contribution >= 0.6 is 27.3 Å². The summed E-state index contributed by atoms with van der Waals surface area (Å²) < 4.78 is 18.1. The van der Waals surface area contributed by atoms with E-state index in [0.29, 0.717) is 35.0 Å². The van der Waals surface area contributed by atoms with Crippen LogP contribution in [0.5, 0.6) is 17.2 Å². The largest absolute Gasteiger partial charge is 0.493 e. The summed E-state index contributed by atoms with van der Waals surface area (Å²) in [6.07, 6.45) is 4.29. The molecule has 182 valence electrons. The molecule has 1 N–H and O–H groups in total. The number of aromatic amines is 1. The molecule has 0 spiro atoms. The molecule has 6 nitrogen and oxygen atoms in total. The molecule has 1 aliphatic carbocycles. The Morgan fingerprint density at radius 1 is 1.06 bits per heavy atom. The summed E-state index contributed by atoms with van der Waals surface area (Å²) in [6, 6.07) is 9.75. The molecule has 0 saturated heterocycles. The number of ether oxygens (including phenoxy) is 3. The van der Waals surface area contributed by atoms with Gasteiger partial charge in [0.2, 0.25) is 0 Å². The molecule has 2 aromatic heterocycles. The van der Waals surface area contributed by atoms with Crippen molar-refractivity contribution in [2.24, 2.45) is 0 Å². The van der Waals surface area contributed by atoms with E-state index in [0.717, 1.165) is 40.8 Å². The maximum atomic E-state index is 13.0. The molecule has 0 atom stereocenters. The number of halogens is 1. The molecule has 0 saturated carbocycles. The van der Waals surface area contributed by atoms with Crippen LogP contribution < -0.4 is 19.8 Å². The number of hydrogen-bond donors (Lipinski definition) is 1. The van der Waals surface area contributed by atoms with E-state index in [9.17, 15) is 4.79 Å². The van der Waals surface area contributed by atoms with Crippen LogP contribution in [-0.4, -0.2) is 30.3 Å². The van der Waals surface area contributed by atoms with Gasteiger partial charge in [0.1, 0.15) is 29.6 Å². The van der Waals surface area contributed by atoms with Crippen LogP contribution in [0.1, 0.15) is 34.4 Å². The average Bonchev–Trinajstić information content (AvgIpc) is 3.23. The summed E-state index contributed by atoms with van der Waals surface area (Å²) in [7, 11) is 1.59. The number of benzene rings is 2. The predicted octanol–water partition coefficient (Wildman–Crippen LogP) is 6.38. The number of H-pyrrole nitrogens is 1. The first-order valence-corrected chi connectivity index (χ1v) is 13.3. The lowest BCUT2D eigenvalue weighted by atomic mass is 9.97. The Balaban J connectivity index is 1.36. The molecule has 2 aromatic carbocycles. The number of hydrogen-bond acceptors (Lipinski definition) is 6. The Labute approximate surface area is 216 Å². The van der Waals surface area contributed by atoms with Crippen LogP contribution in [0.2, 0.25) is 0 Å². The maximum Gasteiger partial charge on any atom is 0.260 e. The Hall–Kier alpha value is -2.84. The third-order valence-corrected chi connectivity index (χ3v) is 8.18. The quantitative estimate of drug-likeness (QED) is 0.268. The third kappa shape index (κ3) is 4.82. The number of nitrogens with zero attached hydrogens (tertiary/aromatic N) is 1. The van der Waals surface area contributed by atoms with Gasteiger partial charge in [-0.1, -0.05) is 6.07 Å². The first-order valence-electron chi connectivity index (χ1n) is 11.7. The highest BCUT2D eigenvalue weighted by Crippen LogP contribution is 2.40. The Kier molecular flexibility index (Phi) is 6.84. The van der Waals surface area contributed by atoms with Crippen LogP contribution in [0.4, 0.5) is 0 Å². The molecular weight excluding hydrogens is 528 g/mol. The van der Waals surface area contributed by atoms with Crippen molar-refractivity contribution >= 4 is 37.5 Å². The van der Waals surface area contributed by atoms with E-state index in [-0.39, 0.29) is 5.56 Å². The third-order valence-electron chi connectivity index (χ3n) is 6.40. The fraction of sp³-hybridized carbons (Fsp3) is 0.333. The first kappa shape index (κ1) is 23.9. The smallest absolute Gasteiger partial charge is 0.260 e. The van der Waals surface area contributed by atoms with Crippen LogP contribution in [-0.2, 0) is 12.8 Å². The number of aryl methyl sites for hydroxylation is 4. The number of nitrogens with one attached hydrogen (secondary N) is 1. The molecule has 0 fully saturated rings. The molecule has 0 bridgehead atoms. The molecule has 0 unspecified atom stereocenters. The highest BCUT2D eigenvalue weighted by Gasteiger charge is 2.21. The van der Waals surface area contributed by atoms with E-state index >= 15 is 0 Å². The molecule has 0 radical (unpaired) electrons. The van der Waals surface area contributed by atoms with Crippen molar-refractivity contribution in [3.63, 3.8) is 0 Å². The zero-order valence-corrected chi connectivity index (χ0v) is 22.4. The Morgan fingerprint density at radius 2 is 1.86 bits per heavy atom. The van der Waals surface area contributed by atoms with Gasteiger partial charge in [-0.15, -0.1) is 11.3 Å². The highest BCUT2D eigenvalue weighted by molar-refractivity contribution is 9.10. The van der Waals surface area contributed by atoms with Crippen molar-refractivity contribution in [1.82, 2.24) is 9.97 Å². The molecular formula is C27H27BrN2O4S. The lowest BCUT2D eigenvalue weighted by Crippen LogP contribution is -2.12. The monoisotopic (exact) mass is 554 g/mol. The summed E-state index contributed by atoms with van der Waals surface area (Å²) in [5, 5.41) is 0.753. The van der Waals surface area contributed by atoms with Crippen molar-refractivity contribution in [3.8, 4) is 28.6 Å². The van der Waals surface area contributed by atoms with Gasteiger partial charge in [0.15, 0.2) is 11.5 Å². The molecule has 2 heterocycles. The second-order valence-electron chi connectivity index (χ2n) is 8.74. The van der Waals surface area contributed by atoms with Crippen LogP contribution in [0.3, 0.4) is 0 Å². The molecule has 35 heavy (non-hydrogen) atoms. The number of thiophene rings is 1. The molecule has 1 aliphatic rings. The summed E-state index contributed by atoms with van der Waals surface area (Å²) in [5.74, 6) is 2.47. The van der Waals surface area contributed by atoms with Gasteiger partial charge in [-0.25, -0.2) is 4.98 Å².